The van der Waals surface area contributed by atoms with E-state index in [1.165, 1.54) is 7.11 Å². The number of methoxy groups -OCH3 is 1. The van der Waals surface area contributed by atoms with Crippen LogP contribution in [-0.2, 0) is 14.3 Å². The van der Waals surface area contributed by atoms with Crippen LogP contribution >= 0.6 is 11.6 Å². The van der Waals surface area contributed by atoms with Crippen molar-refractivity contribution in [1.82, 2.24) is 5.32 Å². The fourth-order valence-electron chi connectivity index (χ4n) is 4.82. The minimum absolute atomic E-state index is 0.00951. The van der Waals surface area contributed by atoms with E-state index in [-0.39, 0.29) is 18.5 Å². The number of hydrogen-bond donors (Lipinski definition) is 1. The predicted molar refractivity (Wildman–Crippen MR) is 119 cm³/mol. The molecule has 0 bridgehead atoms. The minimum Gasteiger partial charge on any atom is -0.466 e. The number of halogens is 1. The van der Waals surface area contributed by atoms with Crippen LogP contribution in [0.1, 0.15) is 42.7 Å². The van der Waals surface area contributed by atoms with Gasteiger partial charge in [-0.25, -0.2) is 4.79 Å². The average Bonchev–Trinajstić information content (AvgIpc) is 3.26. The molecule has 32 heavy (non-hydrogen) atoms. The van der Waals surface area contributed by atoms with Crippen molar-refractivity contribution in [3.05, 3.63) is 81.2 Å². The lowest BCUT2D eigenvalue weighted by molar-refractivity contribution is -0.136. The van der Waals surface area contributed by atoms with Gasteiger partial charge in [0, 0.05) is 34.3 Å². The van der Waals surface area contributed by atoms with E-state index in [2.05, 4.69) is 5.32 Å². The van der Waals surface area contributed by atoms with E-state index in [1.54, 1.807) is 0 Å². The van der Waals surface area contributed by atoms with Crippen LogP contribution in [0.5, 0.6) is 11.5 Å². The summed E-state index contributed by atoms with van der Waals surface area (Å²) in [5, 5.41) is 4.00. The van der Waals surface area contributed by atoms with E-state index in [1.807, 2.05) is 49.4 Å². The van der Waals surface area contributed by atoms with E-state index in [0.29, 0.717) is 46.2 Å². The molecule has 0 unspecified atom stereocenters. The van der Waals surface area contributed by atoms with Crippen LogP contribution in [0, 0.1) is 0 Å². The largest absolute Gasteiger partial charge is 0.466 e. The molecule has 7 heteroatoms. The van der Waals surface area contributed by atoms with Crippen molar-refractivity contribution in [2.45, 2.75) is 31.6 Å². The summed E-state index contributed by atoms with van der Waals surface area (Å²) in [6.07, 6.45) is 1.02. The molecule has 6 nitrogen and oxygen atoms in total. The van der Waals surface area contributed by atoms with Gasteiger partial charge in [-0.05, 0) is 54.7 Å². The molecule has 1 N–H and O–H groups in total. The SMILES string of the molecule is COC(=O)C1=C(C)NC2=C(C(=O)C[C@H](c3ccc(Cl)cc3)C2)[C@H]1c1ccc2c(c1)OCO2. The van der Waals surface area contributed by atoms with Crippen LogP contribution in [0.3, 0.4) is 0 Å². The number of hydrogen-bond acceptors (Lipinski definition) is 6. The lowest BCUT2D eigenvalue weighted by Gasteiger charge is -2.36. The molecule has 0 saturated carbocycles. The van der Waals surface area contributed by atoms with Crippen molar-refractivity contribution in [3.8, 4) is 11.5 Å². The topological polar surface area (TPSA) is 73.9 Å². The molecule has 2 aromatic rings. The number of allylic oxidation sites excluding steroid dienone is 3. The summed E-state index contributed by atoms with van der Waals surface area (Å²) < 4.78 is 16.1. The van der Waals surface area contributed by atoms with Crippen molar-refractivity contribution in [1.29, 1.82) is 0 Å². The average molecular weight is 452 g/mol. The maximum Gasteiger partial charge on any atom is 0.336 e. The van der Waals surface area contributed by atoms with Crippen LogP contribution < -0.4 is 14.8 Å². The number of carbonyl (C=O) groups is 2. The predicted octanol–water partition coefficient (Wildman–Crippen LogP) is 4.60. The van der Waals surface area contributed by atoms with Gasteiger partial charge in [0.1, 0.15) is 0 Å². The number of nitrogens with one attached hydrogen (secondary N) is 1. The summed E-state index contributed by atoms with van der Waals surface area (Å²) in [7, 11) is 1.35. The Morgan fingerprint density at radius 3 is 2.53 bits per heavy atom. The third-order valence-corrected chi connectivity index (χ3v) is 6.56. The first kappa shape index (κ1) is 20.6. The molecule has 164 valence electrons. The molecule has 2 heterocycles. The Hall–Kier alpha value is -3.25. The van der Waals surface area contributed by atoms with Gasteiger partial charge in [-0.3, -0.25) is 4.79 Å². The van der Waals surface area contributed by atoms with Gasteiger partial charge in [-0.1, -0.05) is 29.8 Å². The summed E-state index contributed by atoms with van der Waals surface area (Å²) in [4.78, 5) is 26.3. The van der Waals surface area contributed by atoms with Gasteiger partial charge in [-0.15, -0.1) is 0 Å². The van der Waals surface area contributed by atoms with Crippen molar-refractivity contribution < 1.29 is 23.8 Å². The number of dihydropyridines is 1. The van der Waals surface area contributed by atoms with Crippen LogP contribution in [-0.4, -0.2) is 25.7 Å². The highest BCUT2D eigenvalue weighted by atomic mass is 35.5. The molecule has 2 aliphatic heterocycles. The lowest BCUT2D eigenvalue weighted by atomic mass is 9.71. The first-order valence-corrected chi connectivity index (χ1v) is 10.8. The Morgan fingerprint density at radius 1 is 1.06 bits per heavy atom. The van der Waals surface area contributed by atoms with Gasteiger partial charge in [0.2, 0.25) is 6.79 Å². The third-order valence-electron chi connectivity index (χ3n) is 6.30. The smallest absolute Gasteiger partial charge is 0.336 e. The summed E-state index contributed by atoms with van der Waals surface area (Å²) >= 11 is 6.04. The van der Waals surface area contributed by atoms with Gasteiger partial charge in [0.15, 0.2) is 17.3 Å². The lowest BCUT2D eigenvalue weighted by Crippen LogP contribution is -2.36. The number of rotatable bonds is 3. The highest BCUT2D eigenvalue weighted by molar-refractivity contribution is 6.30. The standard InChI is InChI=1S/C25H22ClNO5/c1-13-22(25(29)30-2)23(15-5-8-20-21(11-15)32-12-31-20)24-18(27-13)9-16(10-19(24)28)14-3-6-17(26)7-4-14/h3-8,11,16,23,27H,9-10,12H2,1-2H3/t16-,23+/m1/s1. The number of fused-ring (bicyclic) bond motifs is 1. The minimum atomic E-state index is -0.535. The normalized spacial score (nSPS) is 21.9. The summed E-state index contributed by atoms with van der Waals surface area (Å²) in [6, 6.07) is 13.2. The second-order valence-corrected chi connectivity index (χ2v) is 8.61. The van der Waals surface area contributed by atoms with E-state index in [4.69, 9.17) is 25.8 Å². The van der Waals surface area contributed by atoms with E-state index in [0.717, 1.165) is 16.8 Å². The zero-order chi connectivity index (χ0) is 22.4. The first-order valence-electron chi connectivity index (χ1n) is 10.4. The number of Topliss-reactive ketones (excluding diaryl/α,β-unsaturated/α-hetero) is 1. The third kappa shape index (κ3) is 3.45. The summed E-state index contributed by atoms with van der Waals surface area (Å²) in [5.74, 6) is 0.303. The second-order valence-electron chi connectivity index (χ2n) is 8.17. The van der Waals surface area contributed by atoms with Gasteiger partial charge in [0.25, 0.3) is 0 Å². The molecule has 0 saturated heterocycles. The number of ether oxygens (including phenoxy) is 3. The maximum atomic E-state index is 13.5. The molecule has 0 radical (unpaired) electrons. The van der Waals surface area contributed by atoms with Gasteiger partial charge in [0.05, 0.1) is 12.7 Å². The van der Waals surface area contributed by atoms with E-state index in [9.17, 15) is 9.59 Å². The van der Waals surface area contributed by atoms with Gasteiger partial charge in [-0.2, -0.15) is 0 Å². The van der Waals surface area contributed by atoms with Crippen LogP contribution in [0.4, 0.5) is 0 Å². The monoisotopic (exact) mass is 451 g/mol. The Kier molecular flexibility index (Phi) is 5.18. The van der Waals surface area contributed by atoms with E-state index >= 15 is 0 Å². The highest BCUT2D eigenvalue weighted by Crippen LogP contribution is 2.47. The van der Waals surface area contributed by atoms with Crippen molar-refractivity contribution >= 4 is 23.4 Å². The molecular formula is C25H22ClNO5. The highest BCUT2D eigenvalue weighted by Gasteiger charge is 2.41. The number of benzene rings is 2. The Bertz CT molecular complexity index is 1180. The van der Waals surface area contributed by atoms with E-state index < -0.39 is 11.9 Å². The van der Waals surface area contributed by atoms with Crippen LogP contribution in [0.2, 0.25) is 5.02 Å². The zero-order valence-corrected chi connectivity index (χ0v) is 18.5. The van der Waals surface area contributed by atoms with Crippen molar-refractivity contribution in [2.75, 3.05) is 13.9 Å². The van der Waals surface area contributed by atoms with Crippen LogP contribution in [0.25, 0.3) is 0 Å². The van der Waals surface area contributed by atoms with Gasteiger partial charge < -0.3 is 19.5 Å². The molecule has 0 aromatic heterocycles. The second kappa shape index (κ2) is 8.02. The molecule has 5 rings (SSSR count). The Morgan fingerprint density at radius 2 is 1.78 bits per heavy atom. The van der Waals surface area contributed by atoms with Crippen molar-refractivity contribution in [2.24, 2.45) is 0 Å². The first-order chi connectivity index (χ1) is 15.5. The number of carbonyl (C=O) groups excluding carboxylic acids is 2. The molecule has 0 spiro atoms. The Balaban J connectivity index is 1.59. The number of ketones is 1. The summed E-state index contributed by atoms with van der Waals surface area (Å²) in [5.41, 5.74) is 4.43. The van der Waals surface area contributed by atoms with Gasteiger partial charge >= 0.3 is 5.97 Å². The fraction of sp³-hybridized carbons (Fsp3) is 0.280. The zero-order valence-electron chi connectivity index (χ0n) is 17.7. The van der Waals surface area contributed by atoms with Crippen molar-refractivity contribution in [3.63, 3.8) is 0 Å². The Labute approximate surface area is 190 Å². The molecule has 1 aliphatic carbocycles. The fourth-order valence-corrected chi connectivity index (χ4v) is 4.94. The quantitative estimate of drug-likeness (QED) is 0.687. The molecular weight excluding hydrogens is 430 g/mol. The molecule has 2 atom stereocenters. The molecule has 2 aromatic carbocycles. The molecule has 0 amide bonds. The number of esters is 1. The summed E-state index contributed by atoms with van der Waals surface area (Å²) in [6.45, 7) is 1.99. The maximum absolute atomic E-state index is 13.5. The molecule has 0 fully saturated rings. The van der Waals surface area contributed by atoms with Crippen LogP contribution in [0.15, 0.2) is 65.0 Å². The molecule has 3 aliphatic rings.